The number of carbonyl (C=O) groups is 2. The minimum atomic E-state index is -0.437. The number of methoxy groups -OCH3 is 1. The molecule has 6 nitrogen and oxygen atoms in total. The van der Waals surface area contributed by atoms with E-state index in [1.54, 1.807) is 20.1 Å². The molecule has 24 heavy (non-hydrogen) atoms. The summed E-state index contributed by atoms with van der Waals surface area (Å²) in [4.78, 5) is 28.3. The number of hydrogen-bond donors (Lipinski definition) is 1. The minimum absolute atomic E-state index is 0.150. The number of nitrogens with zero attached hydrogens (tertiary/aromatic N) is 1. The van der Waals surface area contributed by atoms with Crippen LogP contribution in [0.5, 0.6) is 5.75 Å². The van der Waals surface area contributed by atoms with Crippen molar-refractivity contribution in [2.45, 2.75) is 26.7 Å². The van der Waals surface area contributed by atoms with Gasteiger partial charge in [0.2, 0.25) is 0 Å². The molecule has 1 aromatic heterocycles. The molecule has 2 rings (SSSR count). The molecule has 0 aliphatic carbocycles. The molecule has 0 spiro atoms. The molecule has 1 N–H and O–H groups in total. The fraction of sp³-hybridized carbons (Fsp3) is 0.389. The van der Waals surface area contributed by atoms with Crippen LogP contribution in [0.2, 0.25) is 0 Å². The van der Waals surface area contributed by atoms with Crippen molar-refractivity contribution in [2.24, 2.45) is 0 Å². The summed E-state index contributed by atoms with van der Waals surface area (Å²) in [7, 11) is 1.59. The third kappa shape index (κ3) is 4.44. The van der Waals surface area contributed by atoms with Crippen LogP contribution in [0.3, 0.4) is 0 Å². The number of nitrogens with one attached hydrogen (secondary N) is 1. The van der Waals surface area contributed by atoms with Crippen LogP contribution in [0.4, 0.5) is 0 Å². The van der Waals surface area contributed by atoms with Crippen molar-refractivity contribution in [3.05, 3.63) is 35.5 Å². The van der Waals surface area contributed by atoms with Gasteiger partial charge in [-0.15, -0.1) is 0 Å². The molecule has 0 saturated carbocycles. The molecule has 0 fully saturated rings. The topological polar surface area (TPSA) is 77.5 Å². The highest BCUT2D eigenvalue weighted by atomic mass is 16.5. The second-order valence-electron chi connectivity index (χ2n) is 5.44. The Bertz CT molecular complexity index is 743. The van der Waals surface area contributed by atoms with Crippen LogP contribution in [0.1, 0.15) is 35.8 Å². The van der Waals surface area contributed by atoms with Crippen LogP contribution in [0, 0.1) is 6.92 Å². The van der Waals surface area contributed by atoms with Crippen LogP contribution in [0.25, 0.3) is 10.9 Å². The molecule has 1 aromatic carbocycles. The summed E-state index contributed by atoms with van der Waals surface area (Å²) < 4.78 is 10.2. The highest BCUT2D eigenvalue weighted by Crippen LogP contribution is 2.21. The van der Waals surface area contributed by atoms with Crippen LogP contribution in [-0.2, 0) is 9.53 Å². The zero-order valence-electron chi connectivity index (χ0n) is 14.2. The van der Waals surface area contributed by atoms with Gasteiger partial charge in [0.25, 0.3) is 5.91 Å². The van der Waals surface area contributed by atoms with E-state index in [9.17, 15) is 9.59 Å². The van der Waals surface area contributed by atoms with E-state index in [2.05, 4.69) is 10.3 Å². The van der Waals surface area contributed by atoms with E-state index in [-0.39, 0.29) is 12.5 Å². The third-order valence-electron chi connectivity index (χ3n) is 3.61. The largest absolute Gasteiger partial charge is 0.497 e. The van der Waals surface area contributed by atoms with Crippen LogP contribution in [0.15, 0.2) is 24.3 Å². The Hall–Kier alpha value is -2.63. The maximum absolute atomic E-state index is 12.3. The Balaban J connectivity index is 2.06. The summed E-state index contributed by atoms with van der Waals surface area (Å²) >= 11 is 0. The van der Waals surface area contributed by atoms with Gasteiger partial charge in [0.1, 0.15) is 12.3 Å². The van der Waals surface area contributed by atoms with Gasteiger partial charge in [-0.05, 0) is 31.5 Å². The van der Waals surface area contributed by atoms with E-state index in [0.29, 0.717) is 23.6 Å². The maximum Gasteiger partial charge on any atom is 0.325 e. The highest BCUT2D eigenvalue weighted by Gasteiger charge is 2.13. The number of carbonyl (C=O) groups excluding carboxylic acids is 2. The lowest BCUT2D eigenvalue weighted by molar-refractivity contribution is -0.142. The summed E-state index contributed by atoms with van der Waals surface area (Å²) in [6.07, 6.45) is 1.77. The number of aryl methyl sites for hydroxylation is 1. The number of rotatable bonds is 7. The minimum Gasteiger partial charge on any atom is -0.497 e. The predicted octanol–water partition coefficient (Wildman–Crippen LogP) is 2.62. The van der Waals surface area contributed by atoms with Crippen molar-refractivity contribution in [3.8, 4) is 5.75 Å². The van der Waals surface area contributed by atoms with Gasteiger partial charge in [-0.3, -0.25) is 14.6 Å². The van der Waals surface area contributed by atoms with Crippen molar-refractivity contribution >= 4 is 22.8 Å². The number of benzene rings is 1. The standard InChI is InChI=1S/C18H22N2O4/c1-4-5-8-24-17(21)11-19-18(22)15-9-13-6-7-14(23-3)10-16(13)20-12(15)2/h6-7,9-10H,4-5,8,11H2,1-3H3,(H,19,22). The van der Waals surface area contributed by atoms with Crippen LogP contribution >= 0.6 is 0 Å². The number of amides is 1. The first-order valence-corrected chi connectivity index (χ1v) is 7.94. The van der Waals surface area contributed by atoms with Crippen molar-refractivity contribution < 1.29 is 19.1 Å². The average Bonchev–Trinajstić information content (AvgIpc) is 2.58. The molecule has 1 heterocycles. The number of pyridine rings is 1. The van der Waals surface area contributed by atoms with Gasteiger partial charge in [-0.25, -0.2) is 0 Å². The fourth-order valence-corrected chi connectivity index (χ4v) is 2.23. The van der Waals surface area contributed by atoms with E-state index in [1.165, 1.54) is 0 Å². The van der Waals surface area contributed by atoms with Gasteiger partial charge < -0.3 is 14.8 Å². The van der Waals surface area contributed by atoms with E-state index in [0.717, 1.165) is 23.7 Å². The van der Waals surface area contributed by atoms with E-state index in [1.807, 2.05) is 25.1 Å². The summed E-state index contributed by atoms with van der Waals surface area (Å²) in [6, 6.07) is 7.23. The monoisotopic (exact) mass is 330 g/mol. The molecule has 6 heteroatoms. The molecular formula is C18H22N2O4. The summed E-state index contributed by atoms with van der Waals surface area (Å²) in [5.74, 6) is -0.0699. The quantitative estimate of drug-likeness (QED) is 0.624. The third-order valence-corrected chi connectivity index (χ3v) is 3.61. The SMILES string of the molecule is CCCCOC(=O)CNC(=O)c1cc2ccc(OC)cc2nc1C. The van der Waals surface area contributed by atoms with Gasteiger partial charge in [-0.2, -0.15) is 0 Å². The Morgan fingerprint density at radius 3 is 2.75 bits per heavy atom. The maximum atomic E-state index is 12.3. The average molecular weight is 330 g/mol. The number of unbranched alkanes of at least 4 members (excludes halogenated alkanes) is 1. The molecule has 2 aromatic rings. The second kappa shape index (κ2) is 8.29. The molecule has 0 aliphatic rings. The van der Waals surface area contributed by atoms with Gasteiger partial charge in [0, 0.05) is 11.5 Å². The van der Waals surface area contributed by atoms with Crippen LogP contribution in [-0.4, -0.2) is 37.1 Å². The second-order valence-corrected chi connectivity index (χ2v) is 5.44. The van der Waals surface area contributed by atoms with E-state index >= 15 is 0 Å². The molecule has 0 aliphatic heterocycles. The Labute approximate surface area is 141 Å². The number of esters is 1. The summed E-state index contributed by atoms with van der Waals surface area (Å²) in [5.41, 5.74) is 1.78. The Morgan fingerprint density at radius 2 is 2.04 bits per heavy atom. The molecular weight excluding hydrogens is 308 g/mol. The van der Waals surface area contributed by atoms with Gasteiger partial charge >= 0.3 is 5.97 Å². The van der Waals surface area contributed by atoms with Gasteiger partial charge in [-0.1, -0.05) is 13.3 Å². The first-order valence-electron chi connectivity index (χ1n) is 7.94. The molecule has 0 radical (unpaired) electrons. The predicted molar refractivity (Wildman–Crippen MR) is 91.2 cm³/mol. The van der Waals surface area contributed by atoms with Crippen molar-refractivity contribution in [1.29, 1.82) is 0 Å². The van der Waals surface area contributed by atoms with E-state index in [4.69, 9.17) is 9.47 Å². The lowest BCUT2D eigenvalue weighted by atomic mass is 10.1. The fourth-order valence-electron chi connectivity index (χ4n) is 2.23. The molecule has 0 unspecified atom stereocenters. The molecule has 0 bridgehead atoms. The summed E-state index contributed by atoms with van der Waals surface area (Å²) in [6.45, 7) is 4.00. The number of aromatic nitrogens is 1. The zero-order chi connectivity index (χ0) is 17.5. The molecule has 0 atom stereocenters. The van der Waals surface area contributed by atoms with E-state index < -0.39 is 5.97 Å². The first-order chi connectivity index (χ1) is 11.5. The van der Waals surface area contributed by atoms with Gasteiger partial charge in [0.15, 0.2) is 0 Å². The lowest BCUT2D eigenvalue weighted by Gasteiger charge is -2.09. The number of fused-ring (bicyclic) bond motifs is 1. The Kier molecular flexibility index (Phi) is 6.12. The van der Waals surface area contributed by atoms with Crippen molar-refractivity contribution in [3.63, 3.8) is 0 Å². The van der Waals surface area contributed by atoms with Crippen LogP contribution < -0.4 is 10.1 Å². The number of ether oxygens (including phenoxy) is 2. The zero-order valence-corrected chi connectivity index (χ0v) is 14.2. The summed E-state index contributed by atoms with van der Waals surface area (Å²) in [5, 5.41) is 3.41. The first kappa shape index (κ1) is 17.7. The molecule has 1 amide bonds. The van der Waals surface area contributed by atoms with Crippen molar-refractivity contribution in [1.82, 2.24) is 10.3 Å². The Morgan fingerprint density at radius 1 is 1.25 bits per heavy atom. The van der Waals surface area contributed by atoms with Gasteiger partial charge in [0.05, 0.1) is 30.5 Å². The lowest BCUT2D eigenvalue weighted by Crippen LogP contribution is -2.31. The molecule has 128 valence electrons. The smallest absolute Gasteiger partial charge is 0.325 e. The number of hydrogen-bond acceptors (Lipinski definition) is 5. The van der Waals surface area contributed by atoms with Crippen molar-refractivity contribution in [2.75, 3.05) is 20.3 Å². The molecule has 0 saturated heterocycles. The normalized spacial score (nSPS) is 10.5. The highest BCUT2D eigenvalue weighted by molar-refractivity contribution is 5.99.